The number of anilines is 1. The van der Waals surface area contributed by atoms with Gasteiger partial charge in [-0.15, -0.1) is 0 Å². The van der Waals surface area contributed by atoms with Crippen LogP contribution in [0.3, 0.4) is 0 Å². The number of hydrogen-bond donors (Lipinski definition) is 2. The molecular weight excluding hydrogens is 408 g/mol. The fraction of sp³-hybridized carbons (Fsp3) is 0.160. The summed E-state index contributed by atoms with van der Waals surface area (Å²) in [7, 11) is 1.40. The number of carbonyl (C=O) groups excluding carboxylic acids is 2. The molecule has 162 valence electrons. The van der Waals surface area contributed by atoms with Gasteiger partial charge in [0.1, 0.15) is 13.2 Å². The van der Waals surface area contributed by atoms with Gasteiger partial charge in [-0.05, 0) is 40.5 Å². The van der Waals surface area contributed by atoms with E-state index >= 15 is 0 Å². The Balaban J connectivity index is 1.42. The van der Waals surface area contributed by atoms with Gasteiger partial charge in [-0.1, -0.05) is 54.6 Å². The SMILES string of the molecule is CN(CC(=O)O)C(=O)c1cccc(NC(=O)OCC2c3ccccc3-c3ccccc32)c1. The summed E-state index contributed by atoms with van der Waals surface area (Å²) in [5, 5.41) is 11.5. The second-order valence-electron chi connectivity index (χ2n) is 7.59. The number of hydrogen-bond acceptors (Lipinski definition) is 4. The van der Waals surface area contributed by atoms with Crippen molar-refractivity contribution in [1.82, 2.24) is 4.90 Å². The van der Waals surface area contributed by atoms with Crippen molar-refractivity contribution in [2.24, 2.45) is 0 Å². The molecule has 7 heteroatoms. The number of nitrogens with zero attached hydrogens (tertiary/aromatic N) is 1. The first-order valence-electron chi connectivity index (χ1n) is 10.1. The third-order valence-electron chi connectivity index (χ3n) is 5.42. The lowest BCUT2D eigenvalue weighted by Gasteiger charge is -2.16. The molecule has 0 heterocycles. The number of likely N-dealkylation sites (N-methyl/N-ethyl adjacent to an activating group) is 1. The Kier molecular flexibility index (Phi) is 5.89. The summed E-state index contributed by atoms with van der Waals surface area (Å²) in [6.45, 7) is -0.233. The Labute approximate surface area is 185 Å². The monoisotopic (exact) mass is 430 g/mol. The molecule has 0 unspecified atom stereocenters. The number of amides is 2. The van der Waals surface area contributed by atoms with E-state index in [1.54, 1.807) is 18.2 Å². The number of carbonyl (C=O) groups is 3. The first-order chi connectivity index (χ1) is 15.4. The lowest BCUT2D eigenvalue weighted by molar-refractivity contribution is -0.137. The van der Waals surface area contributed by atoms with Crippen molar-refractivity contribution in [3.63, 3.8) is 0 Å². The topological polar surface area (TPSA) is 95.9 Å². The number of carboxylic acids is 1. The molecule has 0 aromatic heterocycles. The smallest absolute Gasteiger partial charge is 0.411 e. The van der Waals surface area contributed by atoms with E-state index in [2.05, 4.69) is 17.4 Å². The highest BCUT2D eigenvalue weighted by molar-refractivity contribution is 5.97. The predicted octanol–water partition coefficient (Wildman–Crippen LogP) is 4.20. The molecule has 32 heavy (non-hydrogen) atoms. The number of carboxylic acid groups (broad SMARTS) is 1. The Hall–Kier alpha value is -4.13. The molecule has 0 atom stereocenters. The van der Waals surface area contributed by atoms with E-state index < -0.39 is 24.5 Å². The number of fused-ring (bicyclic) bond motifs is 3. The van der Waals surface area contributed by atoms with Crippen LogP contribution in [0.2, 0.25) is 0 Å². The summed E-state index contributed by atoms with van der Waals surface area (Å²) in [6, 6.07) is 22.5. The lowest BCUT2D eigenvalue weighted by atomic mass is 9.98. The first kappa shape index (κ1) is 21.1. The molecule has 1 aliphatic carbocycles. The van der Waals surface area contributed by atoms with Gasteiger partial charge >= 0.3 is 12.1 Å². The number of benzene rings is 3. The highest BCUT2D eigenvalue weighted by Crippen LogP contribution is 2.44. The molecule has 1 aliphatic rings. The van der Waals surface area contributed by atoms with Crippen LogP contribution in [0.25, 0.3) is 11.1 Å². The van der Waals surface area contributed by atoms with Crippen LogP contribution in [0.5, 0.6) is 0 Å². The fourth-order valence-corrected chi connectivity index (χ4v) is 3.98. The highest BCUT2D eigenvalue weighted by Gasteiger charge is 2.29. The fourth-order valence-electron chi connectivity index (χ4n) is 3.98. The Bertz CT molecular complexity index is 1140. The Morgan fingerprint density at radius 1 is 0.938 bits per heavy atom. The summed E-state index contributed by atoms with van der Waals surface area (Å²) in [5.41, 5.74) is 5.19. The minimum atomic E-state index is -1.10. The molecule has 3 aromatic rings. The van der Waals surface area contributed by atoms with Gasteiger partial charge in [0.2, 0.25) is 0 Å². The van der Waals surface area contributed by atoms with Crippen molar-refractivity contribution in [1.29, 1.82) is 0 Å². The van der Waals surface area contributed by atoms with Crippen LogP contribution in [0.1, 0.15) is 27.4 Å². The average molecular weight is 430 g/mol. The molecule has 3 aromatic carbocycles. The Morgan fingerprint density at radius 3 is 2.19 bits per heavy atom. The average Bonchev–Trinajstić information content (AvgIpc) is 3.10. The summed E-state index contributed by atoms with van der Waals surface area (Å²) in [6.07, 6.45) is -0.629. The Morgan fingerprint density at radius 2 is 1.56 bits per heavy atom. The second kappa shape index (κ2) is 8.93. The molecule has 0 spiro atoms. The summed E-state index contributed by atoms with van der Waals surface area (Å²) in [5.74, 6) is -1.61. The van der Waals surface area contributed by atoms with Crippen molar-refractivity contribution < 1.29 is 24.2 Å². The van der Waals surface area contributed by atoms with Crippen LogP contribution >= 0.6 is 0 Å². The zero-order chi connectivity index (χ0) is 22.7. The molecule has 7 nitrogen and oxygen atoms in total. The van der Waals surface area contributed by atoms with Gasteiger partial charge in [-0.2, -0.15) is 0 Å². The molecule has 0 saturated carbocycles. The number of ether oxygens (including phenoxy) is 1. The van der Waals surface area contributed by atoms with Gasteiger partial charge < -0.3 is 14.7 Å². The van der Waals surface area contributed by atoms with Crippen LogP contribution in [-0.2, 0) is 9.53 Å². The zero-order valence-electron chi connectivity index (χ0n) is 17.4. The third-order valence-corrected chi connectivity index (χ3v) is 5.42. The summed E-state index contributed by atoms with van der Waals surface area (Å²) < 4.78 is 5.52. The maximum atomic E-state index is 12.4. The number of rotatable bonds is 6. The van der Waals surface area contributed by atoms with E-state index in [1.807, 2.05) is 36.4 Å². The van der Waals surface area contributed by atoms with Crippen LogP contribution in [-0.4, -0.2) is 48.2 Å². The molecule has 0 bridgehead atoms. The maximum Gasteiger partial charge on any atom is 0.411 e. The van der Waals surface area contributed by atoms with Gasteiger partial charge in [0.15, 0.2) is 0 Å². The van der Waals surface area contributed by atoms with Crippen molar-refractivity contribution in [3.8, 4) is 11.1 Å². The van der Waals surface area contributed by atoms with Gasteiger partial charge in [-0.3, -0.25) is 14.9 Å². The van der Waals surface area contributed by atoms with Crippen LogP contribution in [0, 0.1) is 0 Å². The number of aliphatic carboxylic acids is 1. The standard InChI is InChI=1S/C25H22N2O5/c1-27(14-23(28)29)24(30)16-7-6-8-17(13-16)26-25(31)32-15-22-20-11-4-2-9-18(20)19-10-3-5-12-21(19)22/h2-13,22H,14-15H2,1H3,(H,26,31)(H,28,29). The quantitative estimate of drug-likeness (QED) is 0.611. The van der Waals surface area contributed by atoms with E-state index in [9.17, 15) is 14.4 Å². The first-order valence-corrected chi connectivity index (χ1v) is 10.1. The summed E-state index contributed by atoms with van der Waals surface area (Å²) >= 11 is 0. The minimum Gasteiger partial charge on any atom is -0.480 e. The van der Waals surface area contributed by atoms with Crippen LogP contribution < -0.4 is 5.32 Å². The molecule has 2 N–H and O–H groups in total. The van der Waals surface area contributed by atoms with E-state index in [1.165, 1.54) is 13.1 Å². The van der Waals surface area contributed by atoms with Crippen molar-refractivity contribution in [2.45, 2.75) is 5.92 Å². The third kappa shape index (κ3) is 4.32. The molecule has 0 radical (unpaired) electrons. The van der Waals surface area contributed by atoms with E-state index in [-0.39, 0.29) is 18.1 Å². The minimum absolute atomic E-state index is 0.0502. The normalized spacial score (nSPS) is 11.9. The van der Waals surface area contributed by atoms with E-state index in [0.29, 0.717) is 5.69 Å². The highest BCUT2D eigenvalue weighted by atomic mass is 16.5. The molecule has 2 amide bonds. The summed E-state index contributed by atoms with van der Waals surface area (Å²) in [4.78, 5) is 36.7. The molecule has 0 saturated heterocycles. The van der Waals surface area contributed by atoms with E-state index in [4.69, 9.17) is 9.84 Å². The molecule has 0 fully saturated rings. The molecule has 0 aliphatic heterocycles. The second-order valence-corrected chi connectivity index (χ2v) is 7.59. The van der Waals surface area contributed by atoms with Gasteiger partial charge in [0.05, 0.1) is 0 Å². The predicted molar refractivity (Wildman–Crippen MR) is 120 cm³/mol. The lowest BCUT2D eigenvalue weighted by Crippen LogP contribution is -2.31. The van der Waals surface area contributed by atoms with Crippen molar-refractivity contribution >= 4 is 23.7 Å². The maximum absolute atomic E-state index is 12.4. The number of nitrogens with one attached hydrogen (secondary N) is 1. The van der Waals surface area contributed by atoms with Crippen molar-refractivity contribution in [2.75, 3.05) is 25.5 Å². The molecule has 4 rings (SSSR count). The van der Waals surface area contributed by atoms with Gasteiger partial charge in [0.25, 0.3) is 5.91 Å². The van der Waals surface area contributed by atoms with E-state index in [0.717, 1.165) is 27.2 Å². The van der Waals surface area contributed by atoms with Crippen LogP contribution in [0.15, 0.2) is 72.8 Å². The van der Waals surface area contributed by atoms with Crippen LogP contribution in [0.4, 0.5) is 10.5 Å². The van der Waals surface area contributed by atoms with Crippen molar-refractivity contribution in [3.05, 3.63) is 89.5 Å². The molecular formula is C25H22N2O5. The van der Waals surface area contributed by atoms with Gasteiger partial charge in [0, 0.05) is 24.2 Å². The van der Waals surface area contributed by atoms with Gasteiger partial charge in [-0.25, -0.2) is 4.79 Å². The zero-order valence-corrected chi connectivity index (χ0v) is 17.4. The largest absolute Gasteiger partial charge is 0.480 e.